The van der Waals surface area contributed by atoms with Crippen LogP contribution in [0.1, 0.15) is 22.8 Å². The van der Waals surface area contributed by atoms with Crippen LogP contribution in [0.4, 0.5) is 0 Å². The van der Waals surface area contributed by atoms with Crippen molar-refractivity contribution in [1.29, 1.82) is 0 Å². The van der Waals surface area contributed by atoms with Crippen LogP contribution in [0.15, 0.2) is 18.2 Å². The van der Waals surface area contributed by atoms with Crippen LogP contribution in [0.2, 0.25) is 0 Å². The largest absolute Gasteiger partial charge is 0.496 e. The summed E-state index contributed by atoms with van der Waals surface area (Å²) in [4.78, 5) is 10.9. The van der Waals surface area contributed by atoms with E-state index in [4.69, 9.17) is 9.84 Å². The zero-order valence-corrected chi connectivity index (χ0v) is 8.93. The number of carboxylic acids is 1. The normalized spacial score (nSPS) is 9.00. The van der Waals surface area contributed by atoms with Crippen molar-refractivity contribution in [2.45, 2.75) is 13.3 Å². The SMILES string of the molecule is CCc1cccc(OC)c1C(=O)O.Cl. The lowest BCUT2D eigenvalue weighted by Gasteiger charge is -2.08. The Kier molecular flexibility index (Phi) is 5.02. The molecule has 14 heavy (non-hydrogen) atoms. The van der Waals surface area contributed by atoms with E-state index in [1.54, 1.807) is 18.2 Å². The smallest absolute Gasteiger partial charge is 0.339 e. The van der Waals surface area contributed by atoms with E-state index < -0.39 is 5.97 Å². The van der Waals surface area contributed by atoms with E-state index in [1.165, 1.54) is 7.11 Å². The molecule has 0 bridgehead atoms. The van der Waals surface area contributed by atoms with Crippen LogP contribution < -0.4 is 4.74 Å². The molecule has 78 valence electrons. The average molecular weight is 217 g/mol. The van der Waals surface area contributed by atoms with Crippen LogP contribution in [0.25, 0.3) is 0 Å². The van der Waals surface area contributed by atoms with E-state index in [-0.39, 0.29) is 18.0 Å². The van der Waals surface area contributed by atoms with E-state index in [2.05, 4.69) is 0 Å². The van der Waals surface area contributed by atoms with Crippen LogP contribution in [-0.4, -0.2) is 18.2 Å². The first-order valence-corrected chi connectivity index (χ1v) is 4.09. The molecule has 0 aliphatic rings. The van der Waals surface area contributed by atoms with Crippen molar-refractivity contribution in [1.82, 2.24) is 0 Å². The third-order valence-electron chi connectivity index (χ3n) is 1.93. The van der Waals surface area contributed by atoms with E-state index in [0.717, 1.165) is 5.56 Å². The minimum atomic E-state index is -0.936. The van der Waals surface area contributed by atoms with Crippen molar-refractivity contribution in [2.75, 3.05) is 7.11 Å². The fourth-order valence-corrected chi connectivity index (χ4v) is 1.28. The predicted molar refractivity (Wildman–Crippen MR) is 56.6 cm³/mol. The van der Waals surface area contributed by atoms with E-state index in [0.29, 0.717) is 12.2 Å². The highest BCUT2D eigenvalue weighted by atomic mass is 35.5. The number of ether oxygens (including phenoxy) is 1. The zero-order valence-electron chi connectivity index (χ0n) is 8.11. The number of hydrogen-bond acceptors (Lipinski definition) is 2. The van der Waals surface area contributed by atoms with Gasteiger partial charge >= 0.3 is 5.97 Å². The topological polar surface area (TPSA) is 46.5 Å². The number of carboxylic acid groups (broad SMARTS) is 1. The van der Waals surface area contributed by atoms with Gasteiger partial charge in [0, 0.05) is 0 Å². The van der Waals surface area contributed by atoms with Gasteiger partial charge < -0.3 is 9.84 Å². The molecule has 0 aliphatic carbocycles. The lowest BCUT2D eigenvalue weighted by molar-refractivity contribution is 0.0692. The molecular weight excluding hydrogens is 204 g/mol. The lowest BCUT2D eigenvalue weighted by atomic mass is 10.0. The minimum Gasteiger partial charge on any atom is -0.496 e. The number of aromatic carboxylic acids is 1. The molecule has 0 amide bonds. The van der Waals surface area contributed by atoms with Crippen molar-refractivity contribution in [2.24, 2.45) is 0 Å². The maximum Gasteiger partial charge on any atom is 0.339 e. The quantitative estimate of drug-likeness (QED) is 0.844. The molecule has 0 atom stereocenters. The molecule has 0 spiro atoms. The van der Waals surface area contributed by atoms with Gasteiger partial charge in [0.25, 0.3) is 0 Å². The summed E-state index contributed by atoms with van der Waals surface area (Å²) in [5.41, 5.74) is 1.07. The fraction of sp³-hybridized carbons (Fsp3) is 0.300. The minimum absolute atomic E-state index is 0. The van der Waals surface area contributed by atoms with Crippen molar-refractivity contribution in [3.8, 4) is 5.75 Å². The van der Waals surface area contributed by atoms with Gasteiger partial charge in [-0.25, -0.2) is 4.79 Å². The second kappa shape index (κ2) is 5.50. The van der Waals surface area contributed by atoms with Crippen LogP contribution in [0, 0.1) is 0 Å². The van der Waals surface area contributed by atoms with Crippen LogP contribution in [0.3, 0.4) is 0 Å². The molecule has 1 aromatic rings. The van der Waals surface area contributed by atoms with E-state index in [9.17, 15) is 4.79 Å². The summed E-state index contributed by atoms with van der Waals surface area (Å²) < 4.78 is 4.97. The molecule has 0 saturated heterocycles. The summed E-state index contributed by atoms with van der Waals surface area (Å²) in [5, 5.41) is 8.93. The zero-order chi connectivity index (χ0) is 9.84. The predicted octanol–water partition coefficient (Wildman–Crippen LogP) is 2.38. The van der Waals surface area contributed by atoms with Crippen LogP contribution in [-0.2, 0) is 6.42 Å². The summed E-state index contributed by atoms with van der Waals surface area (Å²) in [6, 6.07) is 5.25. The van der Waals surface area contributed by atoms with Gasteiger partial charge in [-0.2, -0.15) is 0 Å². The second-order valence-electron chi connectivity index (χ2n) is 2.65. The molecule has 0 unspecified atom stereocenters. The highest BCUT2D eigenvalue weighted by Crippen LogP contribution is 2.22. The molecule has 1 rings (SSSR count). The first-order valence-electron chi connectivity index (χ1n) is 4.09. The van der Waals surface area contributed by atoms with E-state index in [1.807, 2.05) is 6.92 Å². The molecule has 0 heterocycles. The van der Waals surface area contributed by atoms with Gasteiger partial charge in [-0.05, 0) is 18.1 Å². The van der Waals surface area contributed by atoms with Crippen molar-refractivity contribution >= 4 is 18.4 Å². The molecule has 0 saturated carbocycles. The second-order valence-corrected chi connectivity index (χ2v) is 2.65. The van der Waals surface area contributed by atoms with Gasteiger partial charge in [0.05, 0.1) is 7.11 Å². The summed E-state index contributed by atoms with van der Waals surface area (Å²) in [5.74, 6) is -0.513. The number of benzene rings is 1. The van der Waals surface area contributed by atoms with Gasteiger partial charge in [0.1, 0.15) is 11.3 Å². The summed E-state index contributed by atoms with van der Waals surface area (Å²) in [6.45, 7) is 1.92. The highest BCUT2D eigenvalue weighted by molar-refractivity contribution is 5.92. The Labute approximate surface area is 89.1 Å². The first-order chi connectivity index (χ1) is 6.20. The Hall–Kier alpha value is -1.22. The molecule has 1 aromatic carbocycles. The maximum absolute atomic E-state index is 10.9. The highest BCUT2D eigenvalue weighted by Gasteiger charge is 2.14. The molecular formula is C10H13ClO3. The molecule has 0 aromatic heterocycles. The maximum atomic E-state index is 10.9. The molecule has 3 nitrogen and oxygen atoms in total. The van der Waals surface area contributed by atoms with Crippen LogP contribution >= 0.6 is 12.4 Å². The number of rotatable bonds is 3. The standard InChI is InChI=1S/C10H12O3.ClH/c1-3-7-5-4-6-8(13-2)9(7)10(11)12;/h4-6H,3H2,1-2H3,(H,11,12);1H. The van der Waals surface area contributed by atoms with Crippen LogP contribution in [0.5, 0.6) is 5.75 Å². The van der Waals surface area contributed by atoms with Gasteiger partial charge in [0.15, 0.2) is 0 Å². The number of methoxy groups -OCH3 is 1. The molecule has 0 radical (unpaired) electrons. The van der Waals surface area contributed by atoms with Gasteiger partial charge in [-0.3, -0.25) is 0 Å². The Morgan fingerprint density at radius 3 is 2.57 bits per heavy atom. The number of aryl methyl sites for hydroxylation is 1. The van der Waals surface area contributed by atoms with Gasteiger partial charge in [-0.1, -0.05) is 19.1 Å². The monoisotopic (exact) mass is 216 g/mol. The molecule has 4 heteroatoms. The van der Waals surface area contributed by atoms with E-state index >= 15 is 0 Å². The summed E-state index contributed by atoms with van der Waals surface area (Å²) in [6.07, 6.45) is 0.693. The third kappa shape index (κ3) is 2.39. The number of hydrogen-bond donors (Lipinski definition) is 1. The molecule has 1 N–H and O–H groups in total. The first kappa shape index (κ1) is 12.8. The Morgan fingerprint density at radius 2 is 2.14 bits per heavy atom. The number of carbonyl (C=O) groups is 1. The van der Waals surface area contributed by atoms with Gasteiger partial charge in [0.2, 0.25) is 0 Å². The molecule has 0 fully saturated rings. The van der Waals surface area contributed by atoms with Gasteiger partial charge in [-0.15, -0.1) is 12.4 Å². The third-order valence-corrected chi connectivity index (χ3v) is 1.93. The molecule has 0 aliphatic heterocycles. The summed E-state index contributed by atoms with van der Waals surface area (Å²) in [7, 11) is 1.47. The van der Waals surface area contributed by atoms with Crippen molar-refractivity contribution in [3.63, 3.8) is 0 Å². The summed E-state index contributed by atoms with van der Waals surface area (Å²) >= 11 is 0. The van der Waals surface area contributed by atoms with Crippen molar-refractivity contribution in [3.05, 3.63) is 29.3 Å². The lowest BCUT2D eigenvalue weighted by Crippen LogP contribution is -2.04. The van der Waals surface area contributed by atoms with Crippen molar-refractivity contribution < 1.29 is 14.6 Å². The Bertz CT molecular complexity index is 301. The number of halogens is 1. The Morgan fingerprint density at radius 1 is 1.50 bits per heavy atom. The average Bonchev–Trinajstić information content (AvgIpc) is 2.16. The Balaban J connectivity index is 0.00000169. The fourth-order valence-electron chi connectivity index (χ4n) is 1.28.